The molecular formula is C12H13F3N4O4S. The summed E-state index contributed by atoms with van der Waals surface area (Å²) in [5.74, 6) is -0.647. The first-order chi connectivity index (χ1) is 11.3. The quantitative estimate of drug-likeness (QED) is 0.754. The summed E-state index contributed by atoms with van der Waals surface area (Å²) in [7, 11) is 1.45. The lowest BCUT2D eigenvalue weighted by atomic mass is 10.2. The predicted octanol–water partition coefficient (Wildman–Crippen LogP) is 1.48. The molecule has 12 heteroatoms. The van der Waals surface area contributed by atoms with Crippen LogP contribution in [0.25, 0.3) is 0 Å². The Morgan fingerprint density at radius 1 is 1.42 bits per heavy atom. The van der Waals surface area contributed by atoms with Gasteiger partial charge in [-0.1, -0.05) is 11.3 Å². The number of esters is 1. The molecule has 2 saturated heterocycles. The molecule has 3 heterocycles. The van der Waals surface area contributed by atoms with Gasteiger partial charge in [0.2, 0.25) is 16.4 Å². The molecule has 0 spiro atoms. The molecule has 2 amide bonds. The van der Waals surface area contributed by atoms with Gasteiger partial charge in [-0.3, -0.25) is 0 Å². The lowest BCUT2D eigenvalue weighted by molar-refractivity contribution is -0.158. The number of rotatable bonds is 3. The van der Waals surface area contributed by atoms with Crippen molar-refractivity contribution in [3.8, 4) is 0 Å². The average Bonchev–Trinajstić information content (AvgIpc) is 3.20. The van der Waals surface area contributed by atoms with E-state index in [9.17, 15) is 22.8 Å². The van der Waals surface area contributed by atoms with Crippen molar-refractivity contribution >= 4 is 28.5 Å². The lowest BCUT2D eigenvalue weighted by Gasteiger charge is -2.21. The van der Waals surface area contributed by atoms with Gasteiger partial charge >= 0.3 is 18.2 Å². The minimum Gasteiger partial charge on any atom is -0.437 e. The van der Waals surface area contributed by atoms with Gasteiger partial charge in [-0.25, -0.2) is 14.5 Å². The third kappa shape index (κ3) is 3.15. The molecule has 8 nitrogen and oxygen atoms in total. The van der Waals surface area contributed by atoms with Crippen LogP contribution in [0.4, 0.5) is 23.1 Å². The van der Waals surface area contributed by atoms with Crippen molar-refractivity contribution in [2.24, 2.45) is 0 Å². The Hall–Kier alpha value is -1.95. The van der Waals surface area contributed by atoms with Gasteiger partial charge in [0, 0.05) is 13.7 Å². The highest BCUT2D eigenvalue weighted by atomic mass is 32.1. The molecule has 1 aromatic heterocycles. The number of ether oxygens (including phenoxy) is 2. The number of hydrogen-bond acceptors (Lipinski definition) is 7. The average molecular weight is 366 g/mol. The van der Waals surface area contributed by atoms with E-state index >= 15 is 0 Å². The Morgan fingerprint density at radius 2 is 2.17 bits per heavy atom. The van der Waals surface area contributed by atoms with Crippen LogP contribution in [0, 0.1) is 0 Å². The van der Waals surface area contributed by atoms with E-state index in [4.69, 9.17) is 9.47 Å². The molecule has 2 aliphatic rings. The Labute approximate surface area is 138 Å². The molecule has 3 rings (SSSR count). The highest BCUT2D eigenvalue weighted by Gasteiger charge is 2.44. The maximum absolute atomic E-state index is 12.7. The van der Waals surface area contributed by atoms with E-state index in [1.54, 1.807) is 0 Å². The van der Waals surface area contributed by atoms with Crippen LogP contribution in [0.1, 0.15) is 17.8 Å². The number of alkyl halides is 3. The zero-order valence-corrected chi connectivity index (χ0v) is 13.3. The number of anilines is 1. The van der Waals surface area contributed by atoms with Crippen LogP contribution in [0.3, 0.4) is 0 Å². The standard InChI is InChI=1S/C12H13F3N4O4S/c1-18-5-7(23-8(20)6-3-2-4-22-6)19(11(18)21)10-17-16-9(24-10)12(13,14)15/h6-7H,2-5H2,1H3. The Kier molecular flexibility index (Phi) is 4.34. The number of nitrogens with zero attached hydrogens (tertiary/aromatic N) is 4. The molecule has 2 unspecified atom stereocenters. The van der Waals surface area contributed by atoms with Gasteiger partial charge < -0.3 is 14.4 Å². The van der Waals surface area contributed by atoms with Crippen LogP contribution in [-0.4, -0.2) is 59.6 Å². The largest absolute Gasteiger partial charge is 0.445 e. The van der Waals surface area contributed by atoms with E-state index in [-0.39, 0.29) is 23.0 Å². The van der Waals surface area contributed by atoms with Crippen molar-refractivity contribution in [1.82, 2.24) is 15.1 Å². The monoisotopic (exact) mass is 366 g/mol. The van der Waals surface area contributed by atoms with Crippen LogP contribution in [-0.2, 0) is 20.4 Å². The number of hydrogen-bond donors (Lipinski definition) is 0. The Bertz CT molecular complexity index is 646. The molecule has 2 atom stereocenters. The molecular weight excluding hydrogens is 353 g/mol. The smallest absolute Gasteiger partial charge is 0.437 e. The predicted molar refractivity (Wildman–Crippen MR) is 74.3 cm³/mol. The highest BCUT2D eigenvalue weighted by molar-refractivity contribution is 7.15. The van der Waals surface area contributed by atoms with Gasteiger partial charge in [-0.2, -0.15) is 13.2 Å². The molecule has 1 aromatic rings. The molecule has 0 aliphatic carbocycles. The Morgan fingerprint density at radius 3 is 2.75 bits per heavy atom. The minimum absolute atomic E-state index is 0.0121. The molecule has 0 radical (unpaired) electrons. The van der Waals surface area contributed by atoms with Crippen molar-refractivity contribution in [3.05, 3.63) is 5.01 Å². The van der Waals surface area contributed by atoms with Crippen molar-refractivity contribution in [2.45, 2.75) is 31.3 Å². The van der Waals surface area contributed by atoms with E-state index in [1.807, 2.05) is 0 Å². The SMILES string of the molecule is CN1CC(OC(=O)C2CCCO2)N(c2nnc(C(F)(F)F)s2)C1=O. The van der Waals surface area contributed by atoms with E-state index in [0.717, 1.165) is 11.3 Å². The summed E-state index contributed by atoms with van der Waals surface area (Å²) in [5, 5.41) is 5.00. The second kappa shape index (κ2) is 6.16. The third-order valence-electron chi connectivity index (χ3n) is 3.56. The first-order valence-electron chi connectivity index (χ1n) is 7.04. The fourth-order valence-electron chi connectivity index (χ4n) is 2.40. The van der Waals surface area contributed by atoms with E-state index < -0.39 is 35.5 Å². The molecule has 2 fully saturated rings. The summed E-state index contributed by atoms with van der Waals surface area (Å²) in [4.78, 5) is 26.3. The van der Waals surface area contributed by atoms with E-state index in [0.29, 0.717) is 13.0 Å². The first kappa shape index (κ1) is 16.9. The second-order valence-corrected chi connectivity index (χ2v) is 6.27. The number of halogens is 3. The first-order valence-corrected chi connectivity index (χ1v) is 7.86. The van der Waals surface area contributed by atoms with Gasteiger partial charge in [0.05, 0.1) is 6.54 Å². The summed E-state index contributed by atoms with van der Waals surface area (Å²) in [6, 6.07) is -0.620. The van der Waals surface area contributed by atoms with Crippen LogP contribution in [0.5, 0.6) is 0 Å². The normalized spacial score (nSPS) is 24.8. The van der Waals surface area contributed by atoms with Crippen LogP contribution < -0.4 is 4.90 Å². The van der Waals surface area contributed by atoms with Gasteiger partial charge in [-0.05, 0) is 12.8 Å². The highest BCUT2D eigenvalue weighted by Crippen LogP contribution is 2.36. The van der Waals surface area contributed by atoms with Gasteiger partial charge in [0.1, 0.15) is 0 Å². The maximum Gasteiger partial charge on any atom is 0.445 e. The summed E-state index contributed by atoms with van der Waals surface area (Å²) < 4.78 is 48.5. The minimum atomic E-state index is -4.66. The maximum atomic E-state index is 12.7. The van der Waals surface area contributed by atoms with Crippen molar-refractivity contribution in [1.29, 1.82) is 0 Å². The Balaban J connectivity index is 1.79. The number of amides is 2. The molecule has 0 bridgehead atoms. The number of carbonyl (C=O) groups excluding carboxylic acids is 2. The summed E-state index contributed by atoms with van der Waals surface area (Å²) >= 11 is 0.215. The topological polar surface area (TPSA) is 84.9 Å². The fraction of sp³-hybridized carbons (Fsp3) is 0.667. The van der Waals surface area contributed by atoms with Crippen LogP contribution >= 0.6 is 11.3 Å². The van der Waals surface area contributed by atoms with Gasteiger partial charge in [-0.15, -0.1) is 10.2 Å². The number of carbonyl (C=O) groups is 2. The molecule has 24 heavy (non-hydrogen) atoms. The number of urea groups is 1. The number of aromatic nitrogens is 2. The number of likely N-dealkylation sites (N-methyl/N-ethyl adjacent to an activating group) is 1. The third-order valence-corrected chi connectivity index (χ3v) is 4.53. The van der Waals surface area contributed by atoms with E-state index in [1.165, 1.54) is 11.9 Å². The lowest BCUT2D eigenvalue weighted by Crippen LogP contribution is -2.39. The molecule has 0 aromatic carbocycles. The molecule has 132 valence electrons. The molecule has 2 aliphatic heterocycles. The van der Waals surface area contributed by atoms with E-state index in [2.05, 4.69) is 10.2 Å². The van der Waals surface area contributed by atoms with Gasteiger partial charge in [0.25, 0.3) is 0 Å². The van der Waals surface area contributed by atoms with Crippen LogP contribution in [0.2, 0.25) is 0 Å². The summed E-state index contributed by atoms with van der Waals surface area (Å²) in [5.41, 5.74) is 0. The van der Waals surface area contributed by atoms with Crippen molar-refractivity contribution in [3.63, 3.8) is 0 Å². The van der Waals surface area contributed by atoms with Crippen molar-refractivity contribution < 1.29 is 32.2 Å². The summed E-state index contributed by atoms with van der Waals surface area (Å²) in [6.07, 6.45) is -5.22. The van der Waals surface area contributed by atoms with Crippen molar-refractivity contribution in [2.75, 3.05) is 25.1 Å². The molecule has 0 saturated carbocycles. The fourth-order valence-corrected chi connectivity index (χ4v) is 3.14. The molecule has 0 N–H and O–H groups in total. The van der Waals surface area contributed by atoms with Crippen LogP contribution in [0.15, 0.2) is 0 Å². The van der Waals surface area contributed by atoms with Gasteiger partial charge in [0.15, 0.2) is 6.10 Å². The zero-order chi connectivity index (χ0) is 17.5. The summed E-state index contributed by atoms with van der Waals surface area (Å²) in [6.45, 7) is 0.455. The zero-order valence-electron chi connectivity index (χ0n) is 12.4. The second-order valence-electron chi connectivity index (χ2n) is 5.31.